The van der Waals surface area contributed by atoms with E-state index in [0.29, 0.717) is 0 Å². The Morgan fingerprint density at radius 3 is 2.61 bits per heavy atom. The normalized spacial score (nSPS) is 10.9. The zero-order valence-electron chi connectivity index (χ0n) is 9.40. The maximum absolute atomic E-state index is 4.54. The highest BCUT2D eigenvalue weighted by Crippen LogP contribution is 2.31. The van der Waals surface area contributed by atoms with Crippen molar-refractivity contribution in [3.63, 3.8) is 0 Å². The lowest BCUT2D eigenvalue weighted by molar-refractivity contribution is 0.953. The van der Waals surface area contributed by atoms with Crippen molar-refractivity contribution in [2.24, 2.45) is 0 Å². The van der Waals surface area contributed by atoms with Crippen molar-refractivity contribution >= 4 is 45.9 Å². The molecule has 4 nitrogen and oxygen atoms in total. The molecule has 0 saturated carbocycles. The molecule has 90 valence electrons. The Kier molecular flexibility index (Phi) is 3.44. The Balaban J connectivity index is 1.90. The van der Waals surface area contributed by atoms with Gasteiger partial charge in [0.15, 0.2) is 8.68 Å². The van der Waals surface area contributed by atoms with Crippen molar-refractivity contribution in [3.8, 4) is 0 Å². The number of hydrogen-bond donors (Lipinski definition) is 0. The minimum atomic E-state index is 0.845. The van der Waals surface area contributed by atoms with Crippen LogP contribution in [0, 0.1) is 0 Å². The van der Waals surface area contributed by atoms with Crippen LogP contribution in [0.4, 0.5) is 0 Å². The van der Waals surface area contributed by atoms with Crippen LogP contribution in [0.2, 0.25) is 0 Å². The first-order valence-electron chi connectivity index (χ1n) is 5.12. The van der Waals surface area contributed by atoms with Gasteiger partial charge in [0.2, 0.25) is 0 Å². The molecule has 18 heavy (non-hydrogen) atoms. The van der Waals surface area contributed by atoms with Gasteiger partial charge in [-0.25, -0.2) is 4.98 Å². The molecule has 0 saturated heterocycles. The third-order valence-corrected chi connectivity index (χ3v) is 5.04. The lowest BCUT2D eigenvalue weighted by atomic mass is 10.3. The largest absolute Gasteiger partial charge is 0.252 e. The molecule has 3 aromatic rings. The summed E-state index contributed by atoms with van der Waals surface area (Å²) in [6, 6.07) is 7.83. The van der Waals surface area contributed by atoms with Gasteiger partial charge in [-0.3, -0.25) is 4.98 Å². The van der Waals surface area contributed by atoms with Gasteiger partial charge < -0.3 is 0 Å². The average molecular weight is 292 g/mol. The predicted molar refractivity (Wildman–Crippen MR) is 75.4 cm³/mol. The molecule has 0 unspecified atom stereocenters. The summed E-state index contributed by atoms with van der Waals surface area (Å²) in [7, 11) is 0. The van der Waals surface area contributed by atoms with E-state index in [2.05, 4.69) is 20.2 Å². The Hall–Kier alpha value is -1.18. The highest BCUT2D eigenvalue weighted by Gasteiger charge is 2.07. The van der Waals surface area contributed by atoms with Crippen LogP contribution in [0.15, 0.2) is 44.2 Å². The first kappa shape index (κ1) is 11.9. The van der Waals surface area contributed by atoms with E-state index in [-0.39, 0.29) is 0 Å². The summed E-state index contributed by atoms with van der Waals surface area (Å²) in [6.07, 6.45) is 3.76. The molecule has 0 radical (unpaired) electrons. The number of aromatic nitrogens is 4. The minimum absolute atomic E-state index is 0.845. The van der Waals surface area contributed by atoms with Gasteiger partial charge in [0.05, 0.1) is 17.2 Å². The lowest BCUT2D eigenvalue weighted by Crippen LogP contribution is -1.85. The topological polar surface area (TPSA) is 51.6 Å². The van der Waals surface area contributed by atoms with Crippen molar-refractivity contribution in [3.05, 3.63) is 30.5 Å². The molecule has 0 aliphatic heterocycles. The summed E-state index contributed by atoms with van der Waals surface area (Å²) >= 11 is 4.66. The van der Waals surface area contributed by atoms with Crippen molar-refractivity contribution in [2.45, 2.75) is 13.7 Å². The number of thioether (sulfide) groups is 1. The third kappa shape index (κ3) is 2.47. The third-order valence-electron chi connectivity index (χ3n) is 2.18. The fourth-order valence-corrected chi connectivity index (χ4v) is 3.73. The van der Waals surface area contributed by atoms with E-state index < -0.39 is 0 Å². The van der Waals surface area contributed by atoms with Crippen LogP contribution in [-0.2, 0) is 0 Å². The van der Waals surface area contributed by atoms with E-state index in [1.807, 2.05) is 30.5 Å². The first-order chi connectivity index (χ1) is 8.85. The molecule has 7 heteroatoms. The molecule has 0 fully saturated rings. The summed E-state index contributed by atoms with van der Waals surface area (Å²) in [5, 5.41) is 9.01. The Morgan fingerprint density at radius 2 is 1.83 bits per heavy atom. The summed E-state index contributed by atoms with van der Waals surface area (Å²) in [4.78, 5) is 8.91. The van der Waals surface area contributed by atoms with Gasteiger partial charge >= 0.3 is 0 Å². The molecule has 0 aliphatic rings. The van der Waals surface area contributed by atoms with Gasteiger partial charge in [0.25, 0.3) is 0 Å². The molecule has 2 heterocycles. The highest BCUT2D eigenvalue weighted by molar-refractivity contribution is 8.02. The van der Waals surface area contributed by atoms with Gasteiger partial charge in [-0.1, -0.05) is 35.2 Å². The van der Waals surface area contributed by atoms with Gasteiger partial charge in [-0.15, -0.1) is 10.2 Å². The number of para-hydroxylation sites is 2. The molecule has 1 aromatic carbocycles. The van der Waals surface area contributed by atoms with E-state index in [4.69, 9.17) is 0 Å². The summed E-state index contributed by atoms with van der Waals surface area (Å²) in [6.45, 7) is 0. The monoisotopic (exact) mass is 292 g/mol. The van der Waals surface area contributed by atoms with E-state index >= 15 is 0 Å². The molecule has 0 spiro atoms. The van der Waals surface area contributed by atoms with E-state index in [1.54, 1.807) is 29.3 Å². The molecular weight excluding hydrogens is 284 g/mol. The predicted octanol–water partition coefficient (Wildman–Crippen LogP) is 3.35. The van der Waals surface area contributed by atoms with Crippen LogP contribution in [0.1, 0.15) is 0 Å². The van der Waals surface area contributed by atoms with Gasteiger partial charge in [-0.05, 0) is 30.2 Å². The zero-order chi connectivity index (χ0) is 12.4. The fourth-order valence-electron chi connectivity index (χ4n) is 1.40. The minimum Gasteiger partial charge on any atom is -0.252 e. The molecule has 0 atom stereocenters. The standard InChI is InChI=1S/C11H8N4S3/c1-16-10-14-15-11(18-10)17-9-6-12-7-4-2-3-5-8(7)13-9/h2-6H,1H3. The molecular formula is C11H8N4S3. The fraction of sp³-hybridized carbons (Fsp3) is 0.0909. The number of benzene rings is 1. The molecule has 0 N–H and O–H groups in total. The van der Waals surface area contributed by atoms with Crippen LogP contribution in [0.25, 0.3) is 11.0 Å². The maximum atomic E-state index is 4.54. The number of rotatable bonds is 3. The smallest absolute Gasteiger partial charge is 0.181 e. The molecule has 2 aromatic heterocycles. The van der Waals surface area contributed by atoms with E-state index in [9.17, 15) is 0 Å². The van der Waals surface area contributed by atoms with E-state index in [0.717, 1.165) is 24.7 Å². The van der Waals surface area contributed by atoms with Crippen molar-refractivity contribution < 1.29 is 0 Å². The quantitative estimate of drug-likeness (QED) is 0.690. The number of fused-ring (bicyclic) bond motifs is 1. The number of nitrogens with zero attached hydrogens (tertiary/aromatic N) is 4. The Labute approximate surface area is 116 Å². The highest BCUT2D eigenvalue weighted by atomic mass is 32.2. The van der Waals surface area contributed by atoms with Crippen LogP contribution >= 0.6 is 34.9 Å². The average Bonchev–Trinajstić information content (AvgIpc) is 2.86. The zero-order valence-corrected chi connectivity index (χ0v) is 11.8. The van der Waals surface area contributed by atoms with Gasteiger partial charge in [-0.2, -0.15) is 0 Å². The SMILES string of the molecule is CSc1nnc(Sc2cnc3ccccc3n2)s1. The first-order valence-corrected chi connectivity index (χ1v) is 7.98. The molecule has 0 bridgehead atoms. The van der Waals surface area contributed by atoms with Crippen molar-refractivity contribution in [1.82, 2.24) is 20.2 Å². The number of hydrogen-bond acceptors (Lipinski definition) is 7. The molecule has 0 amide bonds. The molecule has 0 aliphatic carbocycles. The summed E-state index contributed by atoms with van der Waals surface area (Å²) in [5.41, 5.74) is 1.81. The van der Waals surface area contributed by atoms with Crippen molar-refractivity contribution in [2.75, 3.05) is 6.26 Å². The summed E-state index contributed by atoms with van der Waals surface area (Å²) < 4.78 is 1.86. The molecule has 3 rings (SSSR count). The van der Waals surface area contributed by atoms with Gasteiger partial charge in [0, 0.05) is 0 Å². The van der Waals surface area contributed by atoms with Crippen LogP contribution in [0.3, 0.4) is 0 Å². The second-order valence-corrected chi connectivity index (χ2v) is 6.64. The lowest BCUT2D eigenvalue weighted by Gasteiger charge is -1.98. The maximum Gasteiger partial charge on any atom is 0.181 e. The summed E-state index contributed by atoms with van der Waals surface area (Å²) in [5.74, 6) is 0. The van der Waals surface area contributed by atoms with Crippen molar-refractivity contribution in [1.29, 1.82) is 0 Å². The second kappa shape index (κ2) is 5.21. The Morgan fingerprint density at radius 1 is 1.06 bits per heavy atom. The van der Waals surface area contributed by atoms with E-state index in [1.165, 1.54) is 11.8 Å². The second-order valence-electron chi connectivity index (χ2n) is 3.34. The van der Waals surface area contributed by atoms with Crippen LogP contribution in [-0.4, -0.2) is 26.4 Å². The van der Waals surface area contributed by atoms with Crippen LogP contribution in [0.5, 0.6) is 0 Å². The van der Waals surface area contributed by atoms with Gasteiger partial charge in [0.1, 0.15) is 5.03 Å². The van der Waals surface area contributed by atoms with Crippen LogP contribution < -0.4 is 0 Å². The Bertz CT molecular complexity index is 683.